The molecule has 4 nitrogen and oxygen atoms in total. The number of nitrogens with zero attached hydrogens (tertiary/aromatic N) is 1. The maximum absolute atomic E-state index is 12.5. The van der Waals surface area contributed by atoms with E-state index in [4.69, 9.17) is 17.3 Å². The minimum Gasteiger partial charge on any atom is -0.397 e. The molecular formula is C12H17ClN2O2S. The van der Waals surface area contributed by atoms with Gasteiger partial charge in [-0.1, -0.05) is 18.0 Å². The zero-order chi connectivity index (χ0) is 13.3. The summed E-state index contributed by atoms with van der Waals surface area (Å²) in [5.41, 5.74) is 6.64. The molecule has 0 aromatic heterocycles. The van der Waals surface area contributed by atoms with Gasteiger partial charge >= 0.3 is 0 Å². The normalized spacial score (nSPS) is 17.9. The van der Waals surface area contributed by atoms with Gasteiger partial charge in [-0.2, -0.15) is 4.31 Å². The number of halogens is 1. The highest BCUT2D eigenvalue weighted by atomic mass is 35.5. The van der Waals surface area contributed by atoms with E-state index in [1.165, 1.54) is 10.4 Å². The van der Waals surface area contributed by atoms with Gasteiger partial charge < -0.3 is 5.73 Å². The Labute approximate surface area is 113 Å². The van der Waals surface area contributed by atoms with Gasteiger partial charge in [0, 0.05) is 13.1 Å². The summed E-state index contributed by atoms with van der Waals surface area (Å²) in [5, 5.41) is 0.394. The van der Waals surface area contributed by atoms with Crippen LogP contribution in [-0.4, -0.2) is 25.8 Å². The summed E-state index contributed by atoms with van der Waals surface area (Å²) in [4.78, 5) is 0.270. The number of hydrogen-bond acceptors (Lipinski definition) is 3. The molecule has 0 unspecified atom stereocenters. The minimum absolute atomic E-state index is 0.270. The van der Waals surface area contributed by atoms with Crippen LogP contribution >= 0.6 is 11.6 Å². The molecular weight excluding hydrogens is 272 g/mol. The Morgan fingerprint density at radius 1 is 1.22 bits per heavy atom. The average Bonchev–Trinajstić information content (AvgIpc) is 2.34. The number of anilines is 1. The molecule has 18 heavy (non-hydrogen) atoms. The smallest absolute Gasteiger partial charge is 0.243 e. The molecule has 1 aliphatic heterocycles. The van der Waals surface area contributed by atoms with Crippen LogP contribution in [0.25, 0.3) is 0 Å². The second kappa shape index (κ2) is 5.07. The minimum atomic E-state index is -3.44. The van der Waals surface area contributed by atoms with Crippen molar-refractivity contribution in [3.63, 3.8) is 0 Å². The van der Waals surface area contributed by atoms with Crippen LogP contribution in [0.5, 0.6) is 0 Å². The van der Waals surface area contributed by atoms with Gasteiger partial charge in [0.2, 0.25) is 10.0 Å². The van der Waals surface area contributed by atoms with Gasteiger partial charge in [-0.3, -0.25) is 0 Å². The van der Waals surface area contributed by atoms with Crippen molar-refractivity contribution in [3.05, 3.63) is 22.7 Å². The molecule has 1 aromatic rings. The van der Waals surface area contributed by atoms with Crippen LogP contribution in [0, 0.1) is 6.92 Å². The lowest BCUT2D eigenvalue weighted by Gasteiger charge is -2.26. The number of aryl methyl sites for hydroxylation is 1. The molecule has 0 atom stereocenters. The topological polar surface area (TPSA) is 63.4 Å². The average molecular weight is 289 g/mol. The first-order valence-electron chi connectivity index (χ1n) is 5.98. The molecule has 1 saturated heterocycles. The third kappa shape index (κ3) is 2.48. The first-order valence-corrected chi connectivity index (χ1v) is 7.80. The summed E-state index contributed by atoms with van der Waals surface area (Å²) in [6.07, 6.45) is 2.93. The zero-order valence-corrected chi connectivity index (χ0v) is 11.9. The Kier molecular flexibility index (Phi) is 3.84. The fraction of sp³-hybridized carbons (Fsp3) is 0.500. The number of benzene rings is 1. The summed E-state index contributed by atoms with van der Waals surface area (Å²) >= 11 is 5.89. The Morgan fingerprint density at radius 3 is 2.44 bits per heavy atom. The molecule has 0 radical (unpaired) electrons. The number of rotatable bonds is 2. The van der Waals surface area contributed by atoms with Crippen LogP contribution < -0.4 is 5.73 Å². The molecule has 0 bridgehead atoms. The third-order valence-electron chi connectivity index (χ3n) is 3.23. The molecule has 0 spiro atoms. The predicted octanol–water partition coefficient (Wildman–Crippen LogP) is 2.41. The lowest BCUT2D eigenvalue weighted by atomic mass is 10.2. The van der Waals surface area contributed by atoms with Gasteiger partial charge in [0.1, 0.15) is 0 Å². The zero-order valence-electron chi connectivity index (χ0n) is 10.3. The van der Waals surface area contributed by atoms with E-state index in [1.807, 2.05) is 0 Å². The summed E-state index contributed by atoms with van der Waals surface area (Å²) in [7, 11) is -3.44. The Balaban J connectivity index is 2.43. The molecule has 6 heteroatoms. The molecule has 100 valence electrons. The van der Waals surface area contributed by atoms with Gasteiger partial charge in [-0.25, -0.2) is 8.42 Å². The molecule has 2 N–H and O–H groups in total. The van der Waals surface area contributed by atoms with Gasteiger partial charge in [0.05, 0.1) is 15.6 Å². The van der Waals surface area contributed by atoms with Crippen molar-refractivity contribution in [1.82, 2.24) is 4.31 Å². The van der Waals surface area contributed by atoms with Crippen molar-refractivity contribution >= 4 is 27.3 Å². The van der Waals surface area contributed by atoms with Crippen molar-refractivity contribution in [3.8, 4) is 0 Å². The van der Waals surface area contributed by atoms with E-state index in [9.17, 15) is 8.42 Å². The van der Waals surface area contributed by atoms with E-state index in [0.29, 0.717) is 29.4 Å². The van der Waals surface area contributed by atoms with Crippen LogP contribution in [0.3, 0.4) is 0 Å². The lowest BCUT2D eigenvalue weighted by Crippen LogP contribution is -2.36. The summed E-state index contributed by atoms with van der Waals surface area (Å²) in [6.45, 7) is 2.91. The second-order valence-corrected chi connectivity index (χ2v) is 6.92. The molecule has 1 aliphatic rings. The first-order chi connectivity index (χ1) is 8.43. The van der Waals surface area contributed by atoms with Gasteiger partial charge in [0.15, 0.2) is 0 Å². The first kappa shape index (κ1) is 13.6. The van der Waals surface area contributed by atoms with Crippen molar-refractivity contribution in [2.75, 3.05) is 18.8 Å². The van der Waals surface area contributed by atoms with Crippen LogP contribution in [0.15, 0.2) is 17.0 Å². The summed E-state index contributed by atoms with van der Waals surface area (Å²) < 4.78 is 26.5. The van der Waals surface area contributed by atoms with Crippen molar-refractivity contribution in [1.29, 1.82) is 0 Å². The molecule has 1 aromatic carbocycles. The van der Waals surface area contributed by atoms with Crippen molar-refractivity contribution < 1.29 is 8.42 Å². The monoisotopic (exact) mass is 288 g/mol. The third-order valence-corrected chi connectivity index (χ3v) is 5.60. The highest BCUT2D eigenvalue weighted by Crippen LogP contribution is 2.29. The van der Waals surface area contributed by atoms with E-state index in [1.54, 1.807) is 13.0 Å². The number of hydrogen-bond donors (Lipinski definition) is 1. The Morgan fingerprint density at radius 2 is 1.83 bits per heavy atom. The molecule has 1 fully saturated rings. The van der Waals surface area contributed by atoms with E-state index < -0.39 is 10.0 Å². The number of nitrogen functional groups attached to an aromatic ring is 1. The van der Waals surface area contributed by atoms with Crippen LogP contribution in [0.2, 0.25) is 5.02 Å². The lowest BCUT2D eigenvalue weighted by molar-refractivity contribution is 0.346. The maximum Gasteiger partial charge on any atom is 0.243 e. The van der Waals surface area contributed by atoms with Crippen LogP contribution in [-0.2, 0) is 10.0 Å². The molecule has 2 rings (SSSR count). The van der Waals surface area contributed by atoms with Crippen LogP contribution in [0.1, 0.15) is 24.8 Å². The highest BCUT2D eigenvalue weighted by molar-refractivity contribution is 7.89. The van der Waals surface area contributed by atoms with E-state index in [0.717, 1.165) is 19.3 Å². The molecule has 1 heterocycles. The fourth-order valence-electron chi connectivity index (χ4n) is 2.19. The Hall–Kier alpha value is -0.780. The van der Waals surface area contributed by atoms with Gasteiger partial charge in [-0.05, 0) is 37.5 Å². The second-order valence-electron chi connectivity index (χ2n) is 4.60. The predicted molar refractivity (Wildman–Crippen MR) is 73.2 cm³/mol. The SMILES string of the molecule is Cc1cc(Cl)c(N)cc1S(=O)(=O)N1CCCCC1. The van der Waals surface area contributed by atoms with Gasteiger partial charge in [0.25, 0.3) is 0 Å². The van der Waals surface area contributed by atoms with Crippen molar-refractivity contribution in [2.24, 2.45) is 0 Å². The number of piperidine rings is 1. The van der Waals surface area contributed by atoms with Gasteiger partial charge in [-0.15, -0.1) is 0 Å². The summed E-state index contributed by atoms with van der Waals surface area (Å²) in [5.74, 6) is 0. The van der Waals surface area contributed by atoms with Crippen LogP contribution in [0.4, 0.5) is 5.69 Å². The largest absolute Gasteiger partial charge is 0.397 e. The number of nitrogens with two attached hydrogens (primary N) is 1. The molecule has 0 amide bonds. The fourth-order valence-corrected chi connectivity index (χ4v) is 4.17. The standard InChI is InChI=1S/C12H17ClN2O2S/c1-9-7-10(13)11(14)8-12(9)18(16,17)15-5-3-2-4-6-15/h7-8H,2-6,14H2,1H3. The van der Waals surface area contributed by atoms with E-state index >= 15 is 0 Å². The molecule has 0 saturated carbocycles. The Bertz CT molecular complexity index is 551. The summed E-state index contributed by atoms with van der Waals surface area (Å²) in [6, 6.07) is 3.06. The number of sulfonamides is 1. The quantitative estimate of drug-likeness (QED) is 0.850. The highest BCUT2D eigenvalue weighted by Gasteiger charge is 2.27. The van der Waals surface area contributed by atoms with E-state index in [-0.39, 0.29) is 4.90 Å². The maximum atomic E-state index is 12.5. The van der Waals surface area contributed by atoms with Crippen molar-refractivity contribution in [2.45, 2.75) is 31.1 Å². The van der Waals surface area contributed by atoms with E-state index in [2.05, 4.69) is 0 Å². The molecule has 0 aliphatic carbocycles.